The molecule has 3 rings (SSSR count). The molecule has 2 aromatic carbocycles. The van der Waals surface area contributed by atoms with Gasteiger partial charge in [0.2, 0.25) is 0 Å². The molecule has 1 aliphatic heterocycles. The maximum absolute atomic E-state index is 3.60. The van der Waals surface area contributed by atoms with Crippen molar-refractivity contribution in [3.8, 4) is 0 Å². The van der Waals surface area contributed by atoms with E-state index in [1.165, 1.54) is 23.1 Å². The zero-order chi connectivity index (χ0) is 12.4. The van der Waals surface area contributed by atoms with Crippen molar-refractivity contribution >= 4 is 0 Å². The monoisotopic (exact) mass is 237 g/mol. The standard InChI is InChI=1S/C17H19N/c1-13-15-9-5-6-10-17(15)16(11-12-18-13)14-7-3-2-4-8-14/h2-10,13,16,18H,11-12H2,1H3. The number of fused-ring (bicyclic) bond motifs is 1. The smallest absolute Gasteiger partial charge is 0.0294 e. The van der Waals surface area contributed by atoms with E-state index in [2.05, 4.69) is 66.8 Å². The van der Waals surface area contributed by atoms with Gasteiger partial charge in [-0.05, 0) is 36.6 Å². The van der Waals surface area contributed by atoms with Crippen LogP contribution in [0.25, 0.3) is 0 Å². The third-order valence-electron chi connectivity index (χ3n) is 3.92. The van der Waals surface area contributed by atoms with Gasteiger partial charge in [-0.1, -0.05) is 54.6 Å². The quantitative estimate of drug-likeness (QED) is 0.794. The zero-order valence-corrected chi connectivity index (χ0v) is 10.8. The summed E-state index contributed by atoms with van der Waals surface area (Å²) < 4.78 is 0. The minimum Gasteiger partial charge on any atom is -0.310 e. The fourth-order valence-corrected chi connectivity index (χ4v) is 2.96. The highest BCUT2D eigenvalue weighted by molar-refractivity contribution is 5.40. The Morgan fingerprint density at radius 1 is 0.889 bits per heavy atom. The first-order valence-corrected chi connectivity index (χ1v) is 6.73. The van der Waals surface area contributed by atoms with Crippen molar-refractivity contribution in [2.75, 3.05) is 6.54 Å². The molecule has 0 bridgehead atoms. The first kappa shape index (κ1) is 11.5. The topological polar surface area (TPSA) is 12.0 Å². The lowest BCUT2D eigenvalue weighted by Gasteiger charge is -2.18. The highest BCUT2D eigenvalue weighted by atomic mass is 14.9. The molecule has 0 fully saturated rings. The van der Waals surface area contributed by atoms with Gasteiger partial charge >= 0.3 is 0 Å². The molecule has 0 saturated carbocycles. The van der Waals surface area contributed by atoms with Crippen molar-refractivity contribution < 1.29 is 0 Å². The summed E-state index contributed by atoms with van der Waals surface area (Å²) in [5.74, 6) is 0.528. The van der Waals surface area contributed by atoms with Gasteiger partial charge in [0.25, 0.3) is 0 Å². The number of rotatable bonds is 1. The maximum atomic E-state index is 3.60. The van der Waals surface area contributed by atoms with Crippen LogP contribution in [0.3, 0.4) is 0 Å². The van der Waals surface area contributed by atoms with Gasteiger partial charge in [0.05, 0.1) is 0 Å². The summed E-state index contributed by atoms with van der Waals surface area (Å²) >= 11 is 0. The maximum Gasteiger partial charge on any atom is 0.0294 e. The summed E-state index contributed by atoms with van der Waals surface area (Å²) in [6, 6.07) is 20.2. The van der Waals surface area contributed by atoms with Crippen LogP contribution in [0.15, 0.2) is 54.6 Å². The zero-order valence-electron chi connectivity index (χ0n) is 10.8. The normalized spacial score (nSPS) is 23.2. The van der Waals surface area contributed by atoms with Crippen LogP contribution in [0.1, 0.15) is 42.0 Å². The van der Waals surface area contributed by atoms with Crippen molar-refractivity contribution in [3.63, 3.8) is 0 Å². The Hall–Kier alpha value is -1.60. The molecule has 0 aliphatic carbocycles. The number of hydrogen-bond acceptors (Lipinski definition) is 1. The largest absolute Gasteiger partial charge is 0.310 e. The minimum atomic E-state index is 0.454. The molecule has 1 N–H and O–H groups in total. The van der Waals surface area contributed by atoms with Crippen molar-refractivity contribution in [2.24, 2.45) is 0 Å². The third kappa shape index (κ3) is 2.06. The van der Waals surface area contributed by atoms with Crippen LogP contribution in [0, 0.1) is 0 Å². The van der Waals surface area contributed by atoms with E-state index in [9.17, 15) is 0 Å². The van der Waals surface area contributed by atoms with E-state index in [-0.39, 0.29) is 0 Å². The Morgan fingerprint density at radius 2 is 1.56 bits per heavy atom. The molecule has 2 unspecified atom stereocenters. The fourth-order valence-electron chi connectivity index (χ4n) is 2.96. The van der Waals surface area contributed by atoms with Crippen LogP contribution < -0.4 is 5.32 Å². The number of nitrogens with one attached hydrogen (secondary N) is 1. The Kier molecular flexibility index (Phi) is 3.16. The van der Waals surface area contributed by atoms with Crippen LogP contribution in [-0.4, -0.2) is 6.54 Å². The van der Waals surface area contributed by atoms with Crippen LogP contribution in [0.4, 0.5) is 0 Å². The summed E-state index contributed by atoms with van der Waals surface area (Å²) in [5, 5.41) is 3.60. The molecule has 0 radical (unpaired) electrons. The fraction of sp³-hybridized carbons (Fsp3) is 0.294. The molecule has 0 aromatic heterocycles. The molecule has 92 valence electrons. The summed E-state index contributed by atoms with van der Waals surface area (Å²) in [7, 11) is 0. The van der Waals surface area contributed by atoms with E-state index in [4.69, 9.17) is 0 Å². The molecule has 1 aliphatic rings. The van der Waals surface area contributed by atoms with Gasteiger partial charge in [-0.3, -0.25) is 0 Å². The molecule has 2 atom stereocenters. The first-order chi connectivity index (χ1) is 8.86. The van der Waals surface area contributed by atoms with Crippen molar-refractivity contribution in [2.45, 2.75) is 25.3 Å². The second-order valence-corrected chi connectivity index (χ2v) is 5.06. The average molecular weight is 237 g/mol. The van der Waals surface area contributed by atoms with Crippen molar-refractivity contribution in [3.05, 3.63) is 71.3 Å². The molecule has 1 heteroatoms. The van der Waals surface area contributed by atoms with Gasteiger partial charge in [-0.2, -0.15) is 0 Å². The predicted octanol–water partition coefficient (Wildman–Crippen LogP) is 3.87. The molecular formula is C17H19N. The van der Waals surface area contributed by atoms with Crippen LogP contribution in [0.5, 0.6) is 0 Å². The molecular weight excluding hydrogens is 218 g/mol. The van der Waals surface area contributed by atoms with E-state index >= 15 is 0 Å². The predicted molar refractivity (Wildman–Crippen MR) is 75.8 cm³/mol. The van der Waals surface area contributed by atoms with E-state index < -0.39 is 0 Å². The van der Waals surface area contributed by atoms with E-state index in [1.807, 2.05) is 0 Å². The second-order valence-electron chi connectivity index (χ2n) is 5.06. The molecule has 1 heterocycles. The molecule has 0 amide bonds. The first-order valence-electron chi connectivity index (χ1n) is 6.73. The van der Waals surface area contributed by atoms with Gasteiger partial charge in [0.15, 0.2) is 0 Å². The van der Waals surface area contributed by atoms with Crippen LogP contribution >= 0.6 is 0 Å². The Morgan fingerprint density at radius 3 is 2.33 bits per heavy atom. The minimum absolute atomic E-state index is 0.454. The van der Waals surface area contributed by atoms with Gasteiger partial charge in [-0.15, -0.1) is 0 Å². The highest BCUT2D eigenvalue weighted by Gasteiger charge is 2.22. The number of benzene rings is 2. The molecule has 0 spiro atoms. The third-order valence-corrected chi connectivity index (χ3v) is 3.92. The highest BCUT2D eigenvalue weighted by Crippen LogP contribution is 2.34. The van der Waals surface area contributed by atoms with Gasteiger partial charge in [0.1, 0.15) is 0 Å². The average Bonchev–Trinajstić information content (AvgIpc) is 2.60. The van der Waals surface area contributed by atoms with Gasteiger partial charge < -0.3 is 5.32 Å². The number of hydrogen-bond donors (Lipinski definition) is 1. The Balaban J connectivity index is 2.08. The lowest BCUT2D eigenvalue weighted by atomic mass is 9.85. The lowest BCUT2D eigenvalue weighted by Crippen LogP contribution is -2.17. The van der Waals surface area contributed by atoms with Crippen LogP contribution in [0.2, 0.25) is 0 Å². The molecule has 1 nitrogen and oxygen atoms in total. The lowest BCUT2D eigenvalue weighted by molar-refractivity contribution is 0.572. The Bertz CT molecular complexity index is 518. The summed E-state index contributed by atoms with van der Waals surface area (Å²) in [5.41, 5.74) is 4.37. The van der Waals surface area contributed by atoms with E-state index in [0.717, 1.165) is 6.54 Å². The molecule has 18 heavy (non-hydrogen) atoms. The summed E-state index contributed by atoms with van der Waals surface area (Å²) in [6.45, 7) is 3.33. The van der Waals surface area contributed by atoms with Crippen molar-refractivity contribution in [1.82, 2.24) is 5.32 Å². The summed E-state index contributed by atoms with van der Waals surface area (Å²) in [4.78, 5) is 0. The second kappa shape index (κ2) is 4.95. The van der Waals surface area contributed by atoms with E-state index in [1.54, 1.807) is 0 Å². The Labute approximate surface area is 109 Å². The van der Waals surface area contributed by atoms with Gasteiger partial charge in [0, 0.05) is 12.0 Å². The summed E-state index contributed by atoms with van der Waals surface area (Å²) in [6.07, 6.45) is 1.17. The molecule has 2 aromatic rings. The molecule has 0 saturated heterocycles. The van der Waals surface area contributed by atoms with Gasteiger partial charge in [-0.25, -0.2) is 0 Å². The SMILES string of the molecule is CC1NCCC(c2ccccc2)c2ccccc21. The van der Waals surface area contributed by atoms with Crippen LogP contribution in [-0.2, 0) is 0 Å². The van der Waals surface area contributed by atoms with E-state index in [0.29, 0.717) is 12.0 Å². The van der Waals surface area contributed by atoms with Crippen molar-refractivity contribution in [1.29, 1.82) is 0 Å².